The molecule has 5 heteroatoms. The van der Waals surface area contributed by atoms with Gasteiger partial charge in [-0.25, -0.2) is 9.38 Å². The Morgan fingerprint density at radius 3 is 2.40 bits per heavy atom. The third-order valence-electron chi connectivity index (χ3n) is 4.95. The van der Waals surface area contributed by atoms with E-state index >= 15 is 0 Å². The molecule has 128 valence electrons. The van der Waals surface area contributed by atoms with Crippen molar-refractivity contribution in [1.82, 2.24) is 18.9 Å². The standard InChI is InChI=1S/C20H22N4O/c1-3-22(4-2)13-14-23-17-11-7-8-12-18(17)24-19(25)15-9-5-6-10-16(15)21-20(23)24/h5-12H,3-4,13-14H2,1-2H3. The lowest BCUT2D eigenvalue weighted by Gasteiger charge is -2.18. The van der Waals surface area contributed by atoms with Gasteiger partial charge in [0.2, 0.25) is 5.78 Å². The average molecular weight is 334 g/mol. The zero-order valence-electron chi connectivity index (χ0n) is 14.6. The van der Waals surface area contributed by atoms with E-state index in [0.29, 0.717) is 5.39 Å². The van der Waals surface area contributed by atoms with Gasteiger partial charge in [-0.05, 0) is 37.4 Å². The number of hydrogen-bond acceptors (Lipinski definition) is 3. The summed E-state index contributed by atoms with van der Waals surface area (Å²) < 4.78 is 3.92. The Hall–Kier alpha value is -2.66. The first-order valence-electron chi connectivity index (χ1n) is 8.85. The van der Waals surface area contributed by atoms with Crippen molar-refractivity contribution >= 4 is 27.7 Å². The second-order valence-corrected chi connectivity index (χ2v) is 6.24. The van der Waals surface area contributed by atoms with Crippen molar-refractivity contribution in [3.63, 3.8) is 0 Å². The molecule has 0 aliphatic heterocycles. The summed E-state index contributed by atoms with van der Waals surface area (Å²) in [6.07, 6.45) is 0. The smallest absolute Gasteiger partial charge is 0.267 e. The minimum absolute atomic E-state index is 0.00149. The Morgan fingerprint density at radius 1 is 0.960 bits per heavy atom. The summed E-state index contributed by atoms with van der Waals surface area (Å²) in [6.45, 7) is 8.12. The number of para-hydroxylation sites is 3. The molecule has 4 rings (SSSR count). The highest BCUT2D eigenvalue weighted by Crippen LogP contribution is 2.20. The van der Waals surface area contributed by atoms with E-state index < -0.39 is 0 Å². The van der Waals surface area contributed by atoms with E-state index in [1.807, 2.05) is 42.5 Å². The Kier molecular flexibility index (Phi) is 4.01. The zero-order valence-corrected chi connectivity index (χ0v) is 14.6. The summed E-state index contributed by atoms with van der Waals surface area (Å²) in [5.74, 6) is 0.719. The van der Waals surface area contributed by atoms with E-state index in [2.05, 4.69) is 29.4 Å². The first kappa shape index (κ1) is 15.8. The Labute approximate surface area is 146 Å². The molecule has 0 fully saturated rings. The molecule has 0 spiro atoms. The predicted molar refractivity (Wildman–Crippen MR) is 102 cm³/mol. The normalized spacial score (nSPS) is 12.0. The zero-order chi connectivity index (χ0) is 17.4. The first-order chi connectivity index (χ1) is 12.2. The maximum absolute atomic E-state index is 13.1. The molecule has 0 unspecified atom stereocenters. The van der Waals surface area contributed by atoms with Crippen molar-refractivity contribution in [3.05, 3.63) is 58.9 Å². The number of fused-ring (bicyclic) bond motifs is 4. The Balaban J connectivity index is 2.01. The van der Waals surface area contributed by atoms with E-state index in [4.69, 9.17) is 4.98 Å². The van der Waals surface area contributed by atoms with E-state index in [1.54, 1.807) is 4.40 Å². The van der Waals surface area contributed by atoms with Crippen LogP contribution in [-0.4, -0.2) is 38.5 Å². The van der Waals surface area contributed by atoms with Gasteiger partial charge in [0.15, 0.2) is 0 Å². The van der Waals surface area contributed by atoms with Gasteiger partial charge < -0.3 is 9.47 Å². The fourth-order valence-corrected chi connectivity index (χ4v) is 3.51. The van der Waals surface area contributed by atoms with Gasteiger partial charge in [-0.15, -0.1) is 0 Å². The molecule has 0 saturated carbocycles. The molecule has 0 atom stereocenters. The van der Waals surface area contributed by atoms with Gasteiger partial charge >= 0.3 is 0 Å². The molecule has 25 heavy (non-hydrogen) atoms. The van der Waals surface area contributed by atoms with Crippen LogP contribution in [-0.2, 0) is 6.54 Å². The van der Waals surface area contributed by atoms with E-state index in [-0.39, 0.29) is 5.56 Å². The number of hydrogen-bond donors (Lipinski definition) is 0. The SMILES string of the molecule is CCN(CC)CCn1c2ccccc2n2c(=O)c3ccccc3nc12. The van der Waals surface area contributed by atoms with Crippen molar-refractivity contribution in [2.45, 2.75) is 20.4 Å². The summed E-state index contributed by atoms with van der Waals surface area (Å²) in [4.78, 5) is 20.3. The molecule has 0 saturated heterocycles. The number of imidazole rings is 1. The van der Waals surface area contributed by atoms with Crippen molar-refractivity contribution in [2.24, 2.45) is 0 Å². The van der Waals surface area contributed by atoms with Gasteiger partial charge in [0.05, 0.1) is 21.9 Å². The maximum atomic E-state index is 13.1. The van der Waals surface area contributed by atoms with Crippen molar-refractivity contribution in [3.8, 4) is 0 Å². The lowest BCUT2D eigenvalue weighted by Crippen LogP contribution is -2.27. The summed E-state index contributed by atoms with van der Waals surface area (Å²) in [7, 11) is 0. The van der Waals surface area contributed by atoms with Gasteiger partial charge in [-0.3, -0.25) is 4.79 Å². The lowest BCUT2D eigenvalue weighted by molar-refractivity contribution is 0.293. The molecule has 4 aromatic rings. The van der Waals surface area contributed by atoms with Crippen LogP contribution >= 0.6 is 0 Å². The van der Waals surface area contributed by atoms with Gasteiger partial charge in [-0.2, -0.15) is 0 Å². The molecule has 2 heterocycles. The first-order valence-corrected chi connectivity index (χ1v) is 8.85. The highest BCUT2D eigenvalue weighted by atomic mass is 16.1. The van der Waals surface area contributed by atoms with Gasteiger partial charge in [-0.1, -0.05) is 38.1 Å². The van der Waals surface area contributed by atoms with Crippen LogP contribution in [0.2, 0.25) is 0 Å². The van der Waals surface area contributed by atoms with Crippen LogP contribution in [0.3, 0.4) is 0 Å². The second-order valence-electron chi connectivity index (χ2n) is 6.24. The Bertz CT molecular complexity index is 1110. The Morgan fingerprint density at radius 2 is 1.64 bits per heavy atom. The summed E-state index contributed by atoms with van der Waals surface area (Å²) >= 11 is 0. The van der Waals surface area contributed by atoms with Crippen LogP contribution in [0, 0.1) is 0 Å². The van der Waals surface area contributed by atoms with Crippen LogP contribution in [0.25, 0.3) is 27.7 Å². The van der Waals surface area contributed by atoms with Crippen LogP contribution in [0.4, 0.5) is 0 Å². The monoisotopic (exact) mass is 334 g/mol. The molecule has 0 N–H and O–H groups in total. The van der Waals surface area contributed by atoms with Crippen LogP contribution in [0.5, 0.6) is 0 Å². The fourth-order valence-electron chi connectivity index (χ4n) is 3.51. The molecule has 2 aromatic heterocycles. The molecular weight excluding hydrogens is 312 g/mol. The number of nitrogens with zero attached hydrogens (tertiary/aromatic N) is 4. The summed E-state index contributed by atoms with van der Waals surface area (Å²) in [5, 5.41) is 0.659. The number of rotatable bonds is 5. The molecule has 0 amide bonds. The van der Waals surface area contributed by atoms with E-state index in [1.165, 1.54) is 0 Å². The molecule has 0 aliphatic rings. The third kappa shape index (κ3) is 2.51. The van der Waals surface area contributed by atoms with E-state index in [0.717, 1.165) is 48.5 Å². The van der Waals surface area contributed by atoms with Crippen LogP contribution in [0.1, 0.15) is 13.8 Å². The maximum Gasteiger partial charge on any atom is 0.267 e. The van der Waals surface area contributed by atoms with Crippen LogP contribution < -0.4 is 5.56 Å². The predicted octanol–water partition coefficient (Wildman–Crippen LogP) is 3.14. The van der Waals surface area contributed by atoms with Gasteiger partial charge in [0, 0.05) is 13.1 Å². The number of benzene rings is 2. The quantitative estimate of drug-likeness (QED) is 0.563. The van der Waals surface area contributed by atoms with E-state index in [9.17, 15) is 4.79 Å². The fraction of sp³-hybridized carbons (Fsp3) is 0.300. The minimum atomic E-state index is -0.00149. The summed E-state index contributed by atoms with van der Waals surface area (Å²) in [5.41, 5.74) is 2.72. The van der Waals surface area contributed by atoms with Crippen LogP contribution in [0.15, 0.2) is 53.3 Å². The molecule has 0 bridgehead atoms. The van der Waals surface area contributed by atoms with Crippen molar-refractivity contribution in [2.75, 3.05) is 19.6 Å². The number of likely N-dealkylation sites (N-methyl/N-ethyl adjacent to an activating group) is 1. The molecule has 0 radical (unpaired) electrons. The largest absolute Gasteiger partial charge is 0.308 e. The third-order valence-corrected chi connectivity index (χ3v) is 4.95. The molecule has 0 aliphatic carbocycles. The lowest BCUT2D eigenvalue weighted by atomic mass is 10.2. The molecular formula is C20H22N4O. The topological polar surface area (TPSA) is 42.5 Å². The van der Waals surface area contributed by atoms with Crippen molar-refractivity contribution < 1.29 is 0 Å². The summed E-state index contributed by atoms with van der Waals surface area (Å²) in [6, 6.07) is 15.6. The van der Waals surface area contributed by atoms with Crippen molar-refractivity contribution in [1.29, 1.82) is 0 Å². The van der Waals surface area contributed by atoms with Gasteiger partial charge in [0.1, 0.15) is 0 Å². The van der Waals surface area contributed by atoms with Gasteiger partial charge in [0.25, 0.3) is 5.56 Å². The molecule has 2 aromatic carbocycles. The number of aromatic nitrogens is 3. The minimum Gasteiger partial charge on any atom is -0.308 e. The molecule has 5 nitrogen and oxygen atoms in total. The second kappa shape index (κ2) is 6.33. The highest BCUT2D eigenvalue weighted by Gasteiger charge is 2.15. The average Bonchev–Trinajstić information content (AvgIpc) is 2.97. The highest BCUT2D eigenvalue weighted by molar-refractivity contribution is 5.85.